The third-order valence-corrected chi connectivity index (χ3v) is 5.16. The van der Waals surface area contributed by atoms with Crippen molar-refractivity contribution in [3.05, 3.63) is 113 Å². The Morgan fingerprint density at radius 1 is 0.778 bits per heavy atom. The Balaban J connectivity index is 1.68. The van der Waals surface area contributed by atoms with Crippen LogP contribution in [-0.4, -0.2) is 17.2 Å². The molecular weight excluding hydrogens is 328 g/mol. The van der Waals surface area contributed by atoms with Crippen LogP contribution >= 0.6 is 0 Å². The molecule has 0 unspecified atom stereocenters. The smallest absolute Gasteiger partial charge is 0.0818 e. The fourth-order valence-electron chi connectivity index (χ4n) is 3.87. The van der Waals surface area contributed by atoms with Crippen molar-refractivity contribution < 1.29 is 0 Å². The maximum Gasteiger partial charge on any atom is 0.0818 e. The molecule has 0 radical (unpaired) electrons. The van der Waals surface area contributed by atoms with Crippen molar-refractivity contribution in [2.75, 3.05) is 6.54 Å². The summed E-state index contributed by atoms with van der Waals surface area (Å²) in [5, 5.41) is 1.31. The summed E-state index contributed by atoms with van der Waals surface area (Å²) in [6, 6.07) is 29.6. The van der Waals surface area contributed by atoms with Crippen molar-refractivity contribution in [3.63, 3.8) is 0 Å². The Kier molecular flexibility index (Phi) is 3.95. The fourth-order valence-corrected chi connectivity index (χ4v) is 3.87. The van der Waals surface area contributed by atoms with Crippen LogP contribution in [-0.2, 0) is 6.42 Å². The van der Waals surface area contributed by atoms with Gasteiger partial charge in [-0.25, -0.2) is 0 Å². The van der Waals surface area contributed by atoms with E-state index >= 15 is 0 Å². The van der Waals surface area contributed by atoms with Gasteiger partial charge in [0.05, 0.1) is 11.4 Å². The zero-order valence-electron chi connectivity index (χ0n) is 15.0. The molecule has 5 rings (SSSR count). The van der Waals surface area contributed by atoms with Gasteiger partial charge in [0.15, 0.2) is 0 Å². The molecule has 1 aliphatic rings. The summed E-state index contributed by atoms with van der Waals surface area (Å²) in [6.07, 6.45) is 3.22. The molecule has 0 spiro atoms. The van der Waals surface area contributed by atoms with E-state index in [0.29, 0.717) is 0 Å². The lowest BCUT2D eigenvalue weighted by molar-refractivity contribution is 0.950. The highest BCUT2D eigenvalue weighted by Crippen LogP contribution is 2.29. The van der Waals surface area contributed by atoms with Gasteiger partial charge in [-0.3, -0.25) is 4.99 Å². The van der Waals surface area contributed by atoms with Crippen molar-refractivity contribution in [3.8, 4) is 0 Å². The van der Waals surface area contributed by atoms with Gasteiger partial charge in [-0.1, -0.05) is 78.9 Å². The average Bonchev–Trinajstić information content (AvgIpc) is 3.13. The number of rotatable bonds is 3. The summed E-state index contributed by atoms with van der Waals surface area (Å²) in [5.74, 6) is 0. The van der Waals surface area contributed by atoms with Crippen LogP contribution < -0.4 is 0 Å². The van der Waals surface area contributed by atoms with Crippen LogP contribution in [0.4, 0.5) is 0 Å². The number of nitrogens with zero attached hydrogens (tertiary/aromatic N) is 1. The number of H-pyrrole nitrogens is 1. The molecule has 0 saturated carbocycles. The molecule has 130 valence electrons. The molecule has 1 aromatic heterocycles. The van der Waals surface area contributed by atoms with E-state index < -0.39 is 0 Å². The molecule has 0 saturated heterocycles. The summed E-state index contributed by atoms with van der Waals surface area (Å²) >= 11 is 0. The summed E-state index contributed by atoms with van der Waals surface area (Å²) in [4.78, 5) is 8.46. The van der Waals surface area contributed by atoms with Gasteiger partial charge in [0.1, 0.15) is 0 Å². The van der Waals surface area contributed by atoms with Crippen molar-refractivity contribution in [1.29, 1.82) is 0 Å². The first kappa shape index (κ1) is 15.8. The molecule has 2 heterocycles. The van der Waals surface area contributed by atoms with E-state index in [9.17, 15) is 0 Å². The fraction of sp³-hybridized carbons (Fsp3) is 0.0800. The minimum atomic E-state index is 0.831. The Labute approximate surface area is 158 Å². The topological polar surface area (TPSA) is 28.1 Å². The Hall–Kier alpha value is -3.39. The van der Waals surface area contributed by atoms with Gasteiger partial charge in [0.2, 0.25) is 0 Å². The number of nitrogens with one attached hydrogen (secondary N) is 1. The number of allylic oxidation sites excluding steroid dienone is 1. The molecule has 0 aliphatic carbocycles. The predicted octanol–water partition coefficient (Wildman–Crippen LogP) is 5.65. The van der Waals surface area contributed by atoms with Gasteiger partial charge in [-0.05, 0) is 40.8 Å². The van der Waals surface area contributed by atoms with Gasteiger partial charge in [-0.2, -0.15) is 0 Å². The lowest BCUT2D eigenvalue weighted by Gasteiger charge is -2.14. The first-order valence-electron chi connectivity index (χ1n) is 9.37. The molecule has 3 aromatic carbocycles. The van der Waals surface area contributed by atoms with Gasteiger partial charge >= 0.3 is 0 Å². The maximum absolute atomic E-state index is 4.87. The van der Waals surface area contributed by atoms with E-state index in [1.165, 1.54) is 33.2 Å². The Morgan fingerprint density at radius 2 is 1.41 bits per heavy atom. The Bertz CT molecular complexity index is 1110. The van der Waals surface area contributed by atoms with Crippen LogP contribution in [0.1, 0.15) is 22.4 Å². The first-order chi connectivity index (χ1) is 13.4. The second-order valence-electron chi connectivity index (χ2n) is 6.83. The van der Waals surface area contributed by atoms with Crippen LogP contribution in [0.25, 0.3) is 16.5 Å². The molecular formula is C25H20N2. The Morgan fingerprint density at radius 3 is 2.11 bits per heavy atom. The molecule has 4 aromatic rings. The molecule has 0 atom stereocenters. The third-order valence-electron chi connectivity index (χ3n) is 5.16. The first-order valence-corrected chi connectivity index (χ1v) is 9.37. The van der Waals surface area contributed by atoms with Gasteiger partial charge in [-0.15, -0.1) is 0 Å². The summed E-state index contributed by atoms with van der Waals surface area (Å²) in [5.41, 5.74) is 8.37. The standard InChI is InChI=1S/C25H20N2/c1-3-9-18(10-4-1)22(19-11-5-2-6-12-19)17-24-25-21(15-16-26-24)20-13-7-8-14-23(20)27-25/h1-14,17,27H,15-16H2. The van der Waals surface area contributed by atoms with Crippen molar-refractivity contribution in [2.45, 2.75) is 6.42 Å². The summed E-state index contributed by atoms with van der Waals surface area (Å²) in [6.45, 7) is 0.831. The van der Waals surface area contributed by atoms with E-state index in [1.54, 1.807) is 0 Å². The number of aromatic amines is 1. The lowest BCUT2D eigenvalue weighted by Crippen LogP contribution is -2.11. The van der Waals surface area contributed by atoms with Crippen LogP contribution in [0.3, 0.4) is 0 Å². The predicted molar refractivity (Wildman–Crippen MR) is 113 cm³/mol. The third kappa shape index (κ3) is 2.89. The highest BCUT2D eigenvalue weighted by molar-refractivity contribution is 6.16. The highest BCUT2D eigenvalue weighted by Gasteiger charge is 2.19. The molecule has 27 heavy (non-hydrogen) atoms. The molecule has 1 N–H and O–H groups in total. The molecule has 1 aliphatic heterocycles. The normalized spacial score (nSPS) is 13.1. The number of aliphatic imine (C=N–C) groups is 1. The van der Waals surface area contributed by atoms with Gasteiger partial charge in [0, 0.05) is 17.4 Å². The van der Waals surface area contributed by atoms with E-state index in [2.05, 4.69) is 96.0 Å². The van der Waals surface area contributed by atoms with Gasteiger partial charge < -0.3 is 4.98 Å². The zero-order chi connectivity index (χ0) is 18.1. The molecule has 0 amide bonds. The summed E-state index contributed by atoms with van der Waals surface area (Å²) in [7, 11) is 0. The van der Waals surface area contributed by atoms with E-state index in [4.69, 9.17) is 4.99 Å². The van der Waals surface area contributed by atoms with Crippen LogP contribution in [0.5, 0.6) is 0 Å². The van der Waals surface area contributed by atoms with E-state index in [0.717, 1.165) is 24.4 Å². The van der Waals surface area contributed by atoms with E-state index in [1.807, 2.05) is 0 Å². The lowest BCUT2D eigenvalue weighted by atomic mass is 9.94. The van der Waals surface area contributed by atoms with Crippen LogP contribution in [0.15, 0.2) is 96.0 Å². The largest absolute Gasteiger partial charge is 0.353 e. The molecule has 0 bridgehead atoms. The average molecular weight is 348 g/mol. The van der Waals surface area contributed by atoms with Crippen LogP contribution in [0, 0.1) is 0 Å². The zero-order valence-corrected chi connectivity index (χ0v) is 15.0. The minimum Gasteiger partial charge on any atom is -0.353 e. The summed E-state index contributed by atoms with van der Waals surface area (Å²) < 4.78 is 0. The molecule has 2 heteroatoms. The number of benzene rings is 3. The highest BCUT2D eigenvalue weighted by atomic mass is 14.8. The van der Waals surface area contributed by atoms with Crippen molar-refractivity contribution in [1.82, 2.24) is 4.98 Å². The number of fused-ring (bicyclic) bond motifs is 3. The van der Waals surface area contributed by atoms with Gasteiger partial charge in [0.25, 0.3) is 0 Å². The molecule has 2 nitrogen and oxygen atoms in total. The number of para-hydroxylation sites is 1. The van der Waals surface area contributed by atoms with Crippen LogP contribution in [0.2, 0.25) is 0 Å². The van der Waals surface area contributed by atoms with Crippen molar-refractivity contribution >= 4 is 22.2 Å². The van der Waals surface area contributed by atoms with E-state index in [-0.39, 0.29) is 0 Å². The second kappa shape index (κ2) is 6.73. The monoisotopic (exact) mass is 348 g/mol. The number of hydrogen-bond acceptors (Lipinski definition) is 1. The number of hydrogen-bond donors (Lipinski definition) is 1. The quantitative estimate of drug-likeness (QED) is 0.496. The maximum atomic E-state index is 4.87. The second-order valence-corrected chi connectivity index (χ2v) is 6.83. The van der Waals surface area contributed by atoms with Crippen molar-refractivity contribution in [2.24, 2.45) is 4.99 Å². The molecule has 0 fully saturated rings. The number of aromatic nitrogens is 1. The minimum absolute atomic E-state index is 0.831. The SMILES string of the molecule is C(=C(c1ccccc1)c1ccccc1)C1=NCCc2c1[nH]c1ccccc21.